The van der Waals surface area contributed by atoms with Crippen LogP contribution in [0.5, 0.6) is 0 Å². The Labute approximate surface area is 268 Å². The number of urea groups is 1. The van der Waals surface area contributed by atoms with Crippen LogP contribution in [0.2, 0.25) is 5.02 Å². The lowest BCUT2D eigenvalue weighted by molar-refractivity contribution is 0.0991. The van der Waals surface area contributed by atoms with Crippen LogP contribution in [0.1, 0.15) is 33.6 Å². The zero-order valence-electron chi connectivity index (χ0n) is 24.3. The first kappa shape index (κ1) is 28.9. The van der Waals surface area contributed by atoms with Gasteiger partial charge in [-0.25, -0.2) is 9.79 Å². The van der Waals surface area contributed by atoms with Crippen molar-refractivity contribution in [2.45, 2.75) is 18.9 Å². The fraction of sp³-hybridized carbons (Fsp3) is 0.0833. The molecule has 2 aliphatic heterocycles. The van der Waals surface area contributed by atoms with Gasteiger partial charge in [-0.2, -0.15) is 0 Å². The summed E-state index contributed by atoms with van der Waals surface area (Å²) in [6.07, 6.45) is -0.203. The van der Waals surface area contributed by atoms with Gasteiger partial charge >= 0.3 is 6.03 Å². The number of hydrogen-bond donors (Lipinski definition) is 2. The van der Waals surface area contributed by atoms with Crippen LogP contribution in [0.15, 0.2) is 129 Å². The molecule has 0 aromatic heterocycles. The molecule has 1 unspecified atom stereocenters. The number of carbonyl (C=O) groups is 3. The molecular formula is C36H25ClN6O3. The largest absolute Gasteiger partial charge is 0.324 e. The maximum absolute atomic E-state index is 13.8. The molecule has 0 bridgehead atoms. The minimum atomic E-state index is -0.845. The molecule has 10 heteroatoms. The third-order valence-corrected chi connectivity index (χ3v) is 8.06. The second kappa shape index (κ2) is 12.3. The Hall–Kier alpha value is -5.80. The number of hydrogen-bond acceptors (Lipinski definition) is 7. The fourth-order valence-corrected chi connectivity index (χ4v) is 5.72. The predicted octanol–water partition coefficient (Wildman–Crippen LogP) is 7.30. The number of carbonyl (C=O) groups excluding carboxylic acids is 3. The van der Waals surface area contributed by atoms with Gasteiger partial charge in [0, 0.05) is 21.8 Å². The van der Waals surface area contributed by atoms with Gasteiger partial charge in [0.25, 0.3) is 0 Å². The second-order valence-electron chi connectivity index (χ2n) is 10.8. The van der Waals surface area contributed by atoms with Crippen molar-refractivity contribution in [1.29, 1.82) is 0 Å². The van der Waals surface area contributed by atoms with Crippen molar-refractivity contribution < 1.29 is 14.4 Å². The highest BCUT2D eigenvalue weighted by Gasteiger charge is 2.35. The Morgan fingerprint density at radius 2 is 1.20 bits per heavy atom. The summed E-state index contributed by atoms with van der Waals surface area (Å²) in [6, 6.07) is 31.7. The van der Waals surface area contributed by atoms with Gasteiger partial charge in [0.1, 0.15) is 0 Å². The Balaban J connectivity index is 1.18. The van der Waals surface area contributed by atoms with Crippen LogP contribution in [0.3, 0.4) is 0 Å². The average molecular weight is 625 g/mol. The second-order valence-corrected chi connectivity index (χ2v) is 11.3. The molecule has 46 heavy (non-hydrogen) atoms. The zero-order valence-corrected chi connectivity index (χ0v) is 25.0. The number of rotatable bonds is 7. The van der Waals surface area contributed by atoms with E-state index in [0.29, 0.717) is 33.3 Å². The molecule has 0 radical (unpaired) electrons. The number of ketones is 2. The Morgan fingerprint density at radius 1 is 0.630 bits per heavy atom. The minimum Gasteiger partial charge on any atom is -0.308 e. The van der Waals surface area contributed by atoms with Gasteiger partial charge in [-0.15, -0.1) is 10.2 Å². The molecule has 2 heterocycles. The van der Waals surface area contributed by atoms with E-state index in [1.807, 2.05) is 72.8 Å². The minimum absolute atomic E-state index is 0.0960. The monoisotopic (exact) mass is 624 g/mol. The number of Topliss-reactive ketones (excluding diaryl/α,β-unsaturated/α-hetero) is 2. The maximum atomic E-state index is 13.8. The number of fused-ring (bicyclic) bond motifs is 3. The van der Waals surface area contributed by atoms with Crippen LogP contribution in [-0.2, 0) is 0 Å². The predicted molar refractivity (Wildman–Crippen MR) is 183 cm³/mol. The molecule has 2 aliphatic rings. The fourth-order valence-electron chi connectivity index (χ4n) is 5.60. The van der Waals surface area contributed by atoms with Crippen molar-refractivity contribution in [2.75, 3.05) is 5.32 Å². The van der Waals surface area contributed by atoms with Gasteiger partial charge in [0.2, 0.25) is 0 Å². The normalized spacial score (nSPS) is 15.4. The zero-order chi connectivity index (χ0) is 31.6. The highest BCUT2D eigenvalue weighted by Crippen LogP contribution is 2.25. The van der Waals surface area contributed by atoms with E-state index in [0.717, 1.165) is 21.5 Å². The highest BCUT2D eigenvalue weighted by atomic mass is 35.5. The summed E-state index contributed by atoms with van der Waals surface area (Å²) in [5.74, 6) is 0.0364. The molecule has 9 nitrogen and oxygen atoms in total. The van der Waals surface area contributed by atoms with E-state index >= 15 is 0 Å². The molecule has 5 aromatic rings. The Kier molecular flexibility index (Phi) is 7.74. The third kappa shape index (κ3) is 5.83. The van der Waals surface area contributed by atoms with E-state index in [1.165, 1.54) is 0 Å². The van der Waals surface area contributed by atoms with E-state index in [-0.39, 0.29) is 36.1 Å². The first-order chi connectivity index (χ1) is 22.4. The van der Waals surface area contributed by atoms with Gasteiger partial charge in [-0.3, -0.25) is 19.9 Å². The number of anilines is 1. The molecule has 0 aliphatic carbocycles. The van der Waals surface area contributed by atoms with E-state index < -0.39 is 12.1 Å². The number of amidine groups is 2. The molecule has 2 amide bonds. The SMILES string of the molecule is O=C(NC1=NN=C2N=C(CC(=O)c3cccc4ccccc34)C(CC(=O)c3cccc4ccccc34)=NC21)Nc1ccc(Cl)cc1. The van der Waals surface area contributed by atoms with E-state index in [4.69, 9.17) is 21.6 Å². The van der Waals surface area contributed by atoms with E-state index in [2.05, 4.69) is 20.8 Å². The van der Waals surface area contributed by atoms with Crippen molar-refractivity contribution in [1.82, 2.24) is 5.32 Å². The van der Waals surface area contributed by atoms with Crippen molar-refractivity contribution in [3.05, 3.63) is 125 Å². The number of halogens is 1. The first-order valence-corrected chi connectivity index (χ1v) is 15.0. The lowest BCUT2D eigenvalue weighted by Gasteiger charge is -2.20. The summed E-state index contributed by atoms with van der Waals surface area (Å²) < 4.78 is 0. The lowest BCUT2D eigenvalue weighted by atomic mass is 9.93. The third-order valence-electron chi connectivity index (χ3n) is 7.81. The molecule has 1 atom stereocenters. The van der Waals surface area contributed by atoms with Gasteiger partial charge in [0.15, 0.2) is 29.3 Å². The number of nitrogens with zero attached hydrogens (tertiary/aromatic N) is 4. The van der Waals surface area contributed by atoms with Crippen LogP contribution < -0.4 is 10.6 Å². The standard InChI is InChI=1S/C36H25ClN6O3/c37-23-15-17-24(18-16-23)38-36(46)41-35-33-34(42-43-35)40-30(20-32(45)28-14-6-10-22-8-2-4-12-26(22)28)29(39-33)19-31(44)27-13-5-9-21-7-1-3-11-25(21)27/h1-18,33H,19-20H2,(H2,38,41,43,46). The van der Waals surface area contributed by atoms with Crippen molar-refractivity contribution in [3.63, 3.8) is 0 Å². The maximum Gasteiger partial charge on any atom is 0.324 e. The van der Waals surface area contributed by atoms with E-state index in [1.54, 1.807) is 36.4 Å². The number of nitrogens with one attached hydrogen (secondary N) is 2. The van der Waals surface area contributed by atoms with Crippen molar-refractivity contribution in [2.24, 2.45) is 20.2 Å². The number of benzene rings is 5. The molecule has 224 valence electrons. The molecule has 0 saturated carbocycles. The van der Waals surface area contributed by atoms with Crippen LogP contribution in [0.25, 0.3) is 21.5 Å². The molecule has 5 aromatic carbocycles. The molecule has 2 N–H and O–H groups in total. The van der Waals surface area contributed by atoms with Crippen LogP contribution in [0, 0.1) is 0 Å². The topological polar surface area (TPSA) is 125 Å². The van der Waals surface area contributed by atoms with Gasteiger partial charge in [-0.1, -0.05) is 96.5 Å². The Bertz CT molecular complexity index is 2180. The molecular weight excluding hydrogens is 600 g/mol. The van der Waals surface area contributed by atoms with Crippen LogP contribution >= 0.6 is 11.6 Å². The summed E-state index contributed by atoms with van der Waals surface area (Å²) in [5.41, 5.74) is 2.30. The van der Waals surface area contributed by atoms with Gasteiger partial charge in [-0.05, 0) is 45.8 Å². The van der Waals surface area contributed by atoms with Gasteiger partial charge < -0.3 is 5.32 Å². The molecule has 7 rings (SSSR count). The van der Waals surface area contributed by atoms with Crippen molar-refractivity contribution >= 4 is 79.5 Å². The number of amides is 2. The summed E-state index contributed by atoms with van der Waals surface area (Å²) in [4.78, 5) is 49.9. The summed E-state index contributed by atoms with van der Waals surface area (Å²) in [6.45, 7) is 0. The Morgan fingerprint density at radius 3 is 1.83 bits per heavy atom. The van der Waals surface area contributed by atoms with Crippen molar-refractivity contribution in [3.8, 4) is 0 Å². The van der Waals surface area contributed by atoms with Crippen LogP contribution in [0.4, 0.5) is 10.5 Å². The summed E-state index contributed by atoms with van der Waals surface area (Å²) in [7, 11) is 0. The summed E-state index contributed by atoms with van der Waals surface area (Å²) >= 11 is 5.95. The molecule has 0 spiro atoms. The molecule has 0 fully saturated rings. The van der Waals surface area contributed by atoms with E-state index in [9.17, 15) is 14.4 Å². The highest BCUT2D eigenvalue weighted by molar-refractivity contribution is 6.52. The van der Waals surface area contributed by atoms with Crippen LogP contribution in [-0.4, -0.2) is 46.7 Å². The van der Waals surface area contributed by atoms with Gasteiger partial charge in [0.05, 0.1) is 24.3 Å². The first-order valence-electron chi connectivity index (χ1n) is 14.6. The lowest BCUT2D eigenvalue weighted by Crippen LogP contribution is -2.44. The quantitative estimate of drug-likeness (QED) is 0.185. The number of aliphatic imine (C=N–C) groups is 2. The average Bonchev–Trinajstić information content (AvgIpc) is 3.45. The smallest absolute Gasteiger partial charge is 0.308 e. The summed E-state index contributed by atoms with van der Waals surface area (Å²) in [5, 5.41) is 17.8. The molecule has 0 saturated heterocycles.